The Morgan fingerprint density at radius 3 is 2.73 bits per heavy atom. The SMILES string of the molecule is COc1c(Nc2cc(NC(=O)C3CC3)nc3cnn(C)c(=O)c23)cccc1-c1ncn(C)n1. The number of pyridine rings is 1. The van der Waals surface area contributed by atoms with Crippen molar-refractivity contribution in [3.63, 3.8) is 0 Å². The van der Waals surface area contributed by atoms with Crippen LogP contribution in [0.5, 0.6) is 5.75 Å². The van der Waals surface area contributed by atoms with E-state index >= 15 is 0 Å². The van der Waals surface area contributed by atoms with E-state index in [-0.39, 0.29) is 17.4 Å². The quantitative estimate of drug-likeness (QED) is 0.461. The minimum absolute atomic E-state index is 0.0170. The fourth-order valence-electron chi connectivity index (χ4n) is 3.61. The van der Waals surface area contributed by atoms with Crippen molar-refractivity contribution in [2.45, 2.75) is 12.8 Å². The summed E-state index contributed by atoms with van der Waals surface area (Å²) in [5.41, 5.74) is 1.82. The molecule has 0 bridgehead atoms. The summed E-state index contributed by atoms with van der Waals surface area (Å²) in [7, 11) is 4.92. The summed E-state index contributed by atoms with van der Waals surface area (Å²) < 4.78 is 8.53. The Morgan fingerprint density at radius 1 is 1.21 bits per heavy atom. The van der Waals surface area contributed by atoms with Crippen LogP contribution in [0.25, 0.3) is 22.3 Å². The van der Waals surface area contributed by atoms with Crippen LogP contribution in [0.1, 0.15) is 12.8 Å². The summed E-state index contributed by atoms with van der Waals surface area (Å²) in [4.78, 5) is 34.0. The zero-order valence-corrected chi connectivity index (χ0v) is 18.4. The van der Waals surface area contributed by atoms with Crippen molar-refractivity contribution in [2.24, 2.45) is 20.0 Å². The number of anilines is 3. The first kappa shape index (κ1) is 20.6. The highest BCUT2D eigenvalue weighted by Crippen LogP contribution is 2.38. The van der Waals surface area contributed by atoms with E-state index in [0.29, 0.717) is 45.2 Å². The summed E-state index contributed by atoms with van der Waals surface area (Å²) >= 11 is 0. The molecule has 4 aromatic rings. The Balaban J connectivity index is 1.63. The number of carbonyl (C=O) groups is 1. The van der Waals surface area contributed by atoms with Crippen LogP contribution >= 0.6 is 0 Å². The van der Waals surface area contributed by atoms with Gasteiger partial charge in [0.05, 0.1) is 35.6 Å². The lowest BCUT2D eigenvalue weighted by atomic mass is 10.1. The average Bonchev–Trinajstić information content (AvgIpc) is 3.57. The van der Waals surface area contributed by atoms with E-state index in [9.17, 15) is 9.59 Å². The number of para-hydroxylation sites is 1. The lowest BCUT2D eigenvalue weighted by Crippen LogP contribution is -2.21. The molecule has 11 nitrogen and oxygen atoms in total. The minimum Gasteiger partial charge on any atom is -0.494 e. The maximum atomic E-state index is 12.9. The molecule has 1 aliphatic rings. The van der Waals surface area contributed by atoms with E-state index in [1.165, 1.54) is 10.9 Å². The first-order valence-electron chi connectivity index (χ1n) is 10.4. The minimum atomic E-state index is -0.316. The maximum absolute atomic E-state index is 12.9. The van der Waals surface area contributed by atoms with Crippen molar-refractivity contribution in [3.8, 4) is 17.1 Å². The number of fused-ring (bicyclic) bond motifs is 1. The van der Waals surface area contributed by atoms with Crippen molar-refractivity contribution in [2.75, 3.05) is 17.7 Å². The van der Waals surface area contributed by atoms with Crippen molar-refractivity contribution >= 4 is 34.0 Å². The number of hydrogen-bond acceptors (Lipinski definition) is 8. The van der Waals surface area contributed by atoms with Crippen LogP contribution in [0.15, 0.2) is 41.6 Å². The van der Waals surface area contributed by atoms with Gasteiger partial charge in [0, 0.05) is 26.1 Å². The zero-order chi connectivity index (χ0) is 23.1. The Labute approximate surface area is 188 Å². The molecule has 33 heavy (non-hydrogen) atoms. The summed E-state index contributed by atoms with van der Waals surface area (Å²) in [6, 6.07) is 7.17. The summed E-state index contributed by atoms with van der Waals surface area (Å²) in [5.74, 6) is 1.31. The van der Waals surface area contributed by atoms with E-state index in [4.69, 9.17) is 4.74 Å². The predicted molar refractivity (Wildman–Crippen MR) is 122 cm³/mol. The van der Waals surface area contributed by atoms with Crippen molar-refractivity contribution < 1.29 is 9.53 Å². The van der Waals surface area contributed by atoms with Crippen molar-refractivity contribution in [1.82, 2.24) is 29.5 Å². The number of hydrogen-bond donors (Lipinski definition) is 2. The molecule has 0 spiro atoms. The number of nitrogens with zero attached hydrogens (tertiary/aromatic N) is 6. The topological polar surface area (TPSA) is 129 Å². The molecular weight excluding hydrogens is 424 g/mol. The predicted octanol–water partition coefficient (Wildman–Crippen LogP) is 2.22. The molecule has 1 fully saturated rings. The molecule has 168 valence electrons. The Kier molecular flexibility index (Phi) is 5.00. The molecule has 11 heteroatoms. The van der Waals surface area contributed by atoms with E-state index < -0.39 is 0 Å². The molecule has 1 aliphatic carbocycles. The zero-order valence-electron chi connectivity index (χ0n) is 18.4. The van der Waals surface area contributed by atoms with E-state index in [1.54, 1.807) is 38.3 Å². The standard InChI is InChI=1S/C22H22N8O3/c1-29-11-23-20(28-29)13-5-4-6-14(19(13)33-3)25-15-9-17(27-21(31)12-7-8-12)26-16-10-24-30(2)22(32)18(15)16/h4-6,9-12H,7-8H2,1-3H3,(H2,25,26,27,31). The molecule has 1 saturated carbocycles. The second kappa shape index (κ2) is 8.01. The van der Waals surface area contributed by atoms with E-state index in [0.717, 1.165) is 12.8 Å². The molecule has 0 unspecified atom stereocenters. The van der Waals surface area contributed by atoms with Gasteiger partial charge in [-0.2, -0.15) is 10.2 Å². The van der Waals surface area contributed by atoms with Gasteiger partial charge in [0.1, 0.15) is 17.7 Å². The molecule has 3 aromatic heterocycles. The van der Waals surface area contributed by atoms with Gasteiger partial charge in [0.25, 0.3) is 5.56 Å². The van der Waals surface area contributed by atoms with E-state index in [1.807, 2.05) is 18.2 Å². The fourth-order valence-corrected chi connectivity index (χ4v) is 3.61. The van der Waals surface area contributed by atoms with E-state index in [2.05, 4.69) is 30.8 Å². The molecular formula is C22H22N8O3. The number of aromatic nitrogens is 6. The second-order valence-electron chi connectivity index (χ2n) is 7.91. The molecule has 3 heterocycles. The number of aryl methyl sites for hydroxylation is 2. The number of ether oxygens (including phenoxy) is 1. The maximum Gasteiger partial charge on any atom is 0.278 e. The van der Waals surface area contributed by atoms with Crippen LogP contribution in [0, 0.1) is 5.92 Å². The van der Waals surface area contributed by atoms with Gasteiger partial charge in [-0.3, -0.25) is 14.3 Å². The Hall–Kier alpha value is -4.28. The van der Waals surface area contributed by atoms with Gasteiger partial charge in [0.2, 0.25) is 5.91 Å². The van der Waals surface area contributed by atoms with Crippen molar-refractivity contribution in [1.29, 1.82) is 0 Å². The lowest BCUT2D eigenvalue weighted by Gasteiger charge is -2.16. The number of benzene rings is 1. The molecule has 2 N–H and O–H groups in total. The molecule has 1 aromatic carbocycles. The number of carbonyl (C=O) groups excluding carboxylic acids is 1. The fraction of sp³-hybridized carbons (Fsp3) is 0.273. The Bertz CT molecular complexity index is 1440. The van der Waals surface area contributed by atoms with Crippen LogP contribution in [-0.4, -0.2) is 42.5 Å². The number of rotatable bonds is 6. The number of amides is 1. The highest BCUT2D eigenvalue weighted by Gasteiger charge is 2.30. The smallest absolute Gasteiger partial charge is 0.278 e. The third kappa shape index (κ3) is 3.88. The van der Waals surface area contributed by atoms with Crippen LogP contribution < -0.4 is 20.9 Å². The largest absolute Gasteiger partial charge is 0.494 e. The van der Waals surface area contributed by atoms with Gasteiger partial charge in [0.15, 0.2) is 11.6 Å². The highest BCUT2D eigenvalue weighted by molar-refractivity contribution is 5.99. The molecule has 5 rings (SSSR count). The molecule has 0 aliphatic heterocycles. The van der Waals surface area contributed by atoms with Gasteiger partial charge in [-0.25, -0.2) is 14.6 Å². The molecule has 0 saturated heterocycles. The van der Waals surface area contributed by atoms with Crippen LogP contribution in [0.4, 0.5) is 17.2 Å². The number of methoxy groups -OCH3 is 1. The van der Waals surface area contributed by atoms with Gasteiger partial charge >= 0.3 is 0 Å². The first-order chi connectivity index (χ1) is 15.9. The van der Waals surface area contributed by atoms with Gasteiger partial charge in [-0.05, 0) is 25.0 Å². The van der Waals surface area contributed by atoms with Crippen LogP contribution in [0.2, 0.25) is 0 Å². The number of nitrogens with one attached hydrogen (secondary N) is 2. The average molecular weight is 446 g/mol. The molecule has 0 radical (unpaired) electrons. The first-order valence-corrected chi connectivity index (χ1v) is 10.4. The summed E-state index contributed by atoms with van der Waals surface area (Å²) in [6.07, 6.45) is 4.85. The van der Waals surface area contributed by atoms with Crippen LogP contribution in [-0.2, 0) is 18.9 Å². The normalized spacial score (nSPS) is 13.2. The lowest BCUT2D eigenvalue weighted by molar-refractivity contribution is -0.117. The third-order valence-electron chi connectivity index (χ3n) is 5.44. The summed E-state index contributed by atoms with van der Waals surface area (Å²) in [5, 5.41) is 14.9. The van der Waals surface area contributed by atoms with Gasteiger partial charge in [-0.1, -0.05) is 6.07 Å². The second-order valence-corrected chi connectivity index (χ2v) is 7.91. The summed E-state index contributed by atoms with van der Waals surface area (Å²) in [6.45, 7) is 0. The van der Waals surface area contributed by atoms with Gasteiger partial charge in [-0.15, -0.1) is 0 Å². The van der Waals surface area contributed by atoms with Gasteiger partial charge < -0.3 is 15.4 Å². The Morgan fingerprint density at radius 2 is 2.03 bits per heavy atom. The van der Waals surface area contributed by atoms with Crippen LogP contribution in [0.3, 0.4) is 0 Å². The highest BCUT2D eigenvalue weighted by atomic mass is 16.5. The van der Waals surface area contributed by atoms with Crippen molar-refractivity contribution in [3.05, 3.63) is 47.1 Å². The third-order valence-corrected chi connectivity index (χ3v) is 5.44. The molecule has 0 atom stereocenters. The molecule has 1 amide bonds. The monoisotopic (exact) mass is 446 g/mol.